The molecule has 130 valence electrons. The molecule has 0 amide bonds. The van der Waals surface area contributed by atoms with Gasteiger partial charge in [-0.2, -0.15) is 0 Å². The Balaban J connectivity index is 1.68. The van der Waals surface area contributed by atoms with Crippen molar-refractivity contribution in [3.63, 3.8) is 0 Å². The van der Waals surface area contributed by atoms with E-state index >= 15 is 0 Å². The third-order valence-electron chi connectivity index (χ3n) is 5.09. The molecule has 0 aliphatic heterocycles. The molecule has 0 saturated heterocycles. The second-order valence-electron chi connectivity index (χ2n) is 6.85. The highest BCUT2D eigenvalue weighted by Gasteiger charge is 2.20. The molecule has 2 saturated carbocycles. The molecule has 1 aromatic rings. The molecule has 0 radical (unpaired) electrons. The van der Waals surface area contributed by atoms with Crippen molar-refractivity contribution in [1.82, 2.24) is 4.98 Å². The molecule has 0 atom stereocenters. The number of nitrogens with zero attached hydrogens (tertiary/aromatic N) is 1. The zero-order valence-electron chi connectivity index (χ0n) is 14.5. The van der Waals surface area contributed by atoms with Crippen LogP contribution in [0.25, 0.3) is 6.08 Å². The van der Waals surface area contributed by atoms with Crippen LogP contribution >= 0.6 is 0 Å². The second-order valence-corrected chi connectivity index (χ2v) is 6.85. The number of carbonyl (C=O) groups excluding carboxylic acids is 1. The number of ether oxygens (including phenoxy) is 2. The van der Waals surface area contributed by atoms with Crippen molar-refractivity contribution in [2.24, 2.45) is 5.92 Å². The number of methoxy groups -OCH3 is 1. The molecule has 2 aliphatic rings. The van der Waals surface area contributed by atoms with E-state index in [4.69, 9.17) is 9.47 Å². The van der Waals surface area contributed by atoms with Crippen molar-refractivity contribution in [2.45, 2.75) is 63.9 Å². The normalized spacial score (nSPS) is 19.7. The number of ketones is 1. The summed E-state index contributed by atoms with van der Waals surface area (Å²) in [6.45, 7) is 0. The second kappa shape index (κ2) is 8.32. The summed E-state index contributed by atoms with van der Waals surface area (Å²) in [6, 6.07) is 1.88. The first kappa shape index (κ1) is 17.0. The average molecular weight is 329 g/mol. The molecule has 1 aromatic heterocycles. The summed E-state index contributed by atoms with van der Waals surface area (Å²) in [4.78, 5) is 16.6. The van der Waals surface area contributed by atoms with E-state index in [1.54, 1.807) is 25.5 Å². The Kier molecular flexibility index (Phi) is 5.89. The lowest BCUT2D eigenvalue weighted by Gasteiger charge is -2.18. The first-order chi connectivity index (χ1) is 11.8. The van der Waals surface area contributed by atoms with Crippen molar-refractivity contribution in [1.29, 1.82) is 0 Å². The number of carbonyl (C=O) groups is 1. The summed E-state index contributed by atoms with van der Waals surface area (Å²) < 4.78 is 11.4. The van der Waals surface area contributed by atoms with Crippen LogP contribution < -0.4 is 9.47 Å². The first-order valence-electron chi connectivity index (χ1n) is 9.19. The van der Waals surface area contributed by atoms with E-state index in [-0.39, 0.29) is 17.8 Å². The number of pyridine rings is 1. The van der Waals surface area contributed by atoms with E-state index < -0.39 is 0 Å². The molecule has 3 rings (SSSR count). The third kappa shape index (κ3) is 4.37. The van der Waals surface area contributed by atoms with Gasteiger partial charge in [-0.05, 0) is 50.7 Å². The van der Waals surface area contributed by atoms with E-state index in [0.29, 0.717) is 5.75 Å². The standard InChI is InChI=1S/C20H27NO3/c1-23-20-14-21-16(13-19(20)24-17-9-5-6-10-17)11-12-18(22)15-7-3-2-4-8-15/h11-15,17H,2-10H2,1H3/b12-11+. The molecular weight excluding hydrogens is 302 g/mol. The Morgan fingerprint density at radius 2 is 1.79 bits per heavy atom. The first-order valence-corrected chi connectivity index (χ1v) is 9.19. The van der Waals surface area contributed by atoms with Gasteiger partial charge in [0.15, 0.2) is 17.3 Å². The summed E-state index contributed by atoms with van der Waals surface area (Å²) in [7, 11) is 1.63. The Hall–Kier alpha value is -1.84. The number of hydrogen-bond acceptors (Lipinski definition) is 4. The van der Waals surface area contributed by atoms with E-state index in [2.05, 4.69) is 4.98 Å². The van der Waals surface area contributed by atoms with Crippen molar-refractivity contribution in [2.75, 3.05) is 7.11 Å². The van der Waals surface area contributed by atoms with Gasteiger partial charge in [-0.1, -0.05) is 19.3 Å². The fourth-order valence-electron chi connectivity index (χ4n) is 3.65. The smallest absolute Gasteiger partial charge is 0.179 e. The molecule has 0 N–H and O–H groups in total. The summed E-state index contributed by atoms with van der Waals surface area (Å²) in [6.07, 6.45) is 15.7. The lowest BCUT2D eigenvalue weighted by Crippen LogP contribution is -2.15. The van der Waals surface area contributed by atoms with Crippen LogP contribution in [0.2, 0.25) is 0 Å². The Morgan fingerprint density at radius 1 is 1.08 bits per heavy atom. The summed E-state index contributed by atoms with van der Waals surface area (Å²) in [5, 5.41) is 0. The maximum Gasteiger partial charge on any atom is 0.179 e. The van der Waals surface area contributed by atoms with Gasteiger partial charge in [-0.25, -0.2) is 0 Å². The summed E-state index contributed by atoms with van der Waals surface area (Å²) >= 11 is 0. The zero-order chi connectivity index (χ0) is 16.8. The van der Waals surface area contributed by atoms with Crippen LogP contribution in [0, 0.1) is 5.92 Å². The van der Waals surface area contributed by atoms with E-state index in [1.807, 2.05) is 6.07 Å². The minimum absolute atomic E-state index is 0.197. The van der Waals surface area contributed by atoms with Crippen molar-refractivity contribution < 1.29 is 14.3 Å². The number of hydrogen-bond donors (Lipinski definition) is 0. The van der Waals surface area contributed by atoms with Gasteiger partial charge in [-0.15, -0.1) is 0 Å². The maximum atomic E-state index is 12.3. The van der Waals surface area contributed by atoms with Crippen LogP contribution in [-0.2, 0) is 4.79 Å². The fourth-order valence-corrected chi connectivity index (χ4v) is 3.65. The van der Waals surface area contributed by atoms with Gasteiger partial charge in [0, 0.05) is 12.0 Å². The van der Waals surface area contributed by atoms with E-state index in [9.17, 15) is 4.79 Å². The largest absolute Gasteiger partial charge is 0.491 e. The molecule has 4 nitrogen and oxygen atoms in total. The molecule has 2 fully saturated rings. The molecular formula is C20H27NO3. The quantitative estimate of drug-likeness (QED) is 0.717. The zero-order valence-corrected chi connectivity index (χ0v) is 14.5. The van der Waals surface area contributed by atoms with Crippen LogP contribution in [0.3, 0.4) is 0 Å². The van der Waals surface area contributed by atoms with Crippen molar-refractivity contribution in [3.8, 4) is 11.5 Å². The molecule has 1 heterocycles. The van der Waals surface area contributed by atoms with Gasteiger partial charge in [0.05, 0.1) is 25.1 Å². The predicted molar refractivity (Wildman–Crippen MR) is 94.3 cm³/mol. The minimum atomic E-state index is 0.197. The SMILES string of the molecule is COc1cnc(/C=C/C(=O)C2CCCCC2)cc1OC1CCCC1. The van der Waals surface area contributed by atoms with Gasteiger partial charge in [0.25, 0.3) is 0 Å². The molecule has 0 aromatic carbocycles. The van der Waals surface area contributed by atoms with Crippen LogP contribution in [-0.4, -0.2) is 24.0 Å². The Morgan fingerprint density at radius 3 is 2.50 bits per heavy atom. The molecule has 0 unspecified atom stereocenters. The van der Waals surface area contributed by atoms with Crippen LogP contribution in [0.15, 0.2) is 18.3 Å². The molecule has 0 bridgehead atoms. The van der Waals surface area contributed by atoms with Gasteiger partial charge < -0.3 is 9.47 Å². The average Bonchev–Trinajstić information content (AvgIpc) is 3.13. The summed E-state index contributed by atoms with van der Waals surface area (Å²) in [5.41, 5.74) is 0.743. The predicted octanol–water partition coefficient (Wildman–Crippen LogP) is 4.57. The van der Waals surface area contributed by atoms with Gasteiger partial charge >= 0.3 is 0 Å². The van der Waals surface area contributed by atoms with Gasteiger partial charge in [-0.3, -0.25) is 9.78 Å². The lowest BCUT2D eigenvalue weighted by atomic mass is 9.86. The van der Waals surface area contributed by atoms with Crippen LogP contribution in [0.5, 0.6) is 11.5 Å². The molecule has 0 spiro atoms. The molecule has 2 aliphatic carbocycles. The third-order valence-corrected chi connectivity index (χ3v) is 5.09. The highest BCUT2D eigenvalue weighted by Crippen LogP contribution is 2.32. The number of allylic oxidation sites excluding steroid dienone is 1. The molecule has 4 heteroatoms. The van der Waals surface area contributed by atoms with E-state index in [1.165, 1.54) is 32.1 Å². The topological polar surface area (TPSA) is 48.4 Å². The van der Waals surface area contributed by atoms with Crippen molar-refractivity contribution in [3.05, 3.63) is 24.0 Å². The minimum Gasteiger partial charge on any atom is -0.491 e. The van der Waals surface area contributed by atoms with Gasteiger partial charge in [0.2, 0.25) is 0 Å². The number of rotatable bonds is 6. The van der Waals surface area contributed by atoms with Crippen LogP contribution in [0.1, 0.15) is 63.5 Å². The van der Waals surface area contributed by atoms with E-state index in [0.717, 1.165) is 37.1 Å². The van der Waals surface area contributed by atoms with Crippen LogP contribution in [0.4, 0.5) is 0 Å². The maximum absolute atomic E-state index is 12.3. The lowest BCUT2D eigenvalue weighted by molar-refractivity contribution is -0.119. The Labute approximate surface area is 144 Å². The Bertz CT molecular complexity index is 585. The highest BCUT2D eigenvalue weighted by atomic mass is 16.5. The monoisotopic (exact) mass is 329 g/mol. The summed E-state index contributed by atoms with van der Waals surface area (Å²) in [5.74, 6) is 1.80. The fraction of sp³-hybridized carbons (Fsp3) is 0.600. The number of aromatic nitrogens is 1. The van der Waals surface area contributed by atoms with Gasteiger partial charge in [0.1, 0.15) is 0 Å². The highest BCUT2D eigenvalue weighted by molar-refractivity contribution is 5.95. The van der Waals surface area contributed by atoms with Crippen molar-refractivity contribution >= 4 is 11.9 Å². The molecule has 24 heavy (non-hydrogen) atoms.